The highest BCUT2D eigenvalue weighted by atomic mass is 16.2. The van der Waals surface area contributed by atoms with Crippen molar-refractivity contribution in [3.63, 3.8) is 0 Å². The van der Waals surface area contributed by atoms with Crippen molar-refractivity contribution in [2.45, 2.75) is 32.9 Å². The fourth-order valence-electron chi connectivity index (χ4n) is 4.29. The summed E-state index contributed by atoms with van der Waals surface area (Å²) in [5.41, 5.74) is 3.99. The molecule has 7 nitrogen and oxygen atoms in total. The topological polar surface area (TPSA) is 71.3 Å². The lowest BCUT2D eigenvalue weighted by atomic mass is 9.93. The molecule has 3 heterocycles. The van der Waals surface area contributed by atoms with Gasteiger partial charge in [-0.2, -0.15) is 5.10 Å². The molecule has 0 spiro atoms. The van der Waals surface area contributed by atoms with Crippen LogP contribution in [0.15, 0.2) is 61.1 Å². The number of rotatable bonds is 6. The van der Waals surface area contributed by atoms with E-state index in [1.807, 2.05) is 68.7 Å². The molecule has 3 aromatic rings. The molecule has 1 aromatic carbocycles. The minimum Gasteiger partial charge on any atom is -0.342 e. The van der Waals surface area contributed by atoms with E-state index in [9.17, 15) is 9.59 Å². The van der Waals surface area contributed by atoms with Crippen molar-refractivity contribution in [3.8, 4) is 11.1 Å². The third kappa shape index (κ3) is 4.56. The van der Waals surface area contributed by atoms with E-state index in [2.05, 4.69) is 10.1 Å². The predicted molar refractivity (Wildman–Crippen MR) is 123 cm³/mol. The van der Waals surface area contributed by atoms with Crippen molar-refractivity contribution in [1.82, 2.24) is 24.6 Å². The third-order valence-corrected chi connectivity index (χ3v) is 6.06. The van der Waals surface area contributed by atoms with Crippen molar-refractivity contribution in [2.75, 3.05) is 20.1 Å². The number of carbonyl (C=O) groups is 2. The van der Waals surface area contributed by atoms with E-state index in [1.165, 1.54) is 0 Å². The number of carbonyl (C=O) groups excluding carboxylic acids is 2. The number of aryl methyl sites for hydroxylation is 1. The van der Waals surface area contributed by atoms with E-state index >= 15 is 0 Å². The second-order valence-corrected chi connectivity index (χ2v) is 8.49. The van der Waals surface area contributed by atoms with Crippen LogP contribution < -0.4 is 0 Å². The summed E-state index contributed by atoms with van der Waals surface area (Å²) < 4.78 is 1.79. The van der Waals surface area contributed by atoms with Crippen molar-refractivity contribution in [2.24, 2.45) is 5.92 Å². The summed E-state index contributed by atoms with van der Waals surface area (Å²) in [5.74, 6) is -0.308. The Labute approximate surface area is 188 Å². The summed E-state index contributed by atoms with van der Waals surface area (Å²) in [7, 11) is 1.81. The van der Waals surface area contributed by atoms with Crippen LogP contribution in [0.4, 0.5) is 0 Å². The van der Waals surface area contributed by atoms with Crippen LogP contribution in [-0.2, 0) is 22.6 Å². The van der Waals surface area contributed by atoms with Crippen LogP contribution in [-0.4, -0.2) is 62.6 Å². The summed E-state index contributed by atoms with van der Waals surface area (Å²) in [6.45, 7) is 5.40. The highest BCUT2D eigenvalue weighted by Crippen LogP contribution is 2.27. The molecule has 1 saturated heterocycles. The van der Waals surface area contributed by atoms with Crippen LogP contribution in [0, 0.1) is 12.8 Å². The van der Waals surface area contributed by atoms with E-state index < -0.39 is 6.04 Å². The number of hydrogen-bond acceptors (Lipinski definition) is 4. The van der Waals surface area contributed by atoms with Crippen molar-refractivity contribution >= 4 is 11.8 Å². The van der Waals surface area contributed by atoms with Gasteiger partial charge in [0.25, 0.3) is 0 Å². The Kier molecular flexibility index (Phi) is 6.35. The van der Waals surface area contributed by atoms with Crippen molar-refractivity contribution < 1.29 is 9.59 Å². The minimum absolute atomic E-state index is 0.0107. The van der Waals surface area contributed by atoms with Crippen LogP contribution in [0.5, 0.6) is 0 Å². The molecule has 1 aliphatic heterocycles. The number of nitrogens with zero attached hydrogens (tertiary/aromatic N) is 5. The summed E-state index contributed by atoms with van der Waals surface area (Å²) in [5, 5.41) is 4.40. The van der Waals surface area contributed by atoms with Gasteiger partial charge in [-0.05, 0) is 30.2 Å². The zero-order valence-corrected chi connectivity index (χ0v) is 18.8. The maximum Gasteiger partial charge on any atom is 0.245 e. The first-order valence-electron chi connectivity index (χ1n) is 11.0. The Bertz CT molecular complexity index is 1090. The van der Waals surface area contributed by atoms with Gasteiger partial charge in [-0.25, -0.2) is 0 Å². The lowest BCUT2D eigenvalue weighted by Crippen LogP contribution is -2.59. The normalized spacial score (nSPS) is 17.5. The molecule has 0 aliphatic carbocycles. The van der Waals surface area contributed by atoms with Gasteiger partial charge >= 0.3 is 0 Å². The molecule has 32 heavy (non-hydrogen) atoms. The van der Waals surface area contributed by atoms with E-state index in [0.29, 0.717) is 26.1 Å². The monoisotopic (exact) mass is 431 g/mol. The molecule has 0 N–H and O–H groups in total. The lowest BCUT2D eigenvalue weighted by Gasteiger charge is -2.40. The number of hydrogen-bond donors (Lipinski definition) is 0. The van der Waals surface area contributed by atoms with Crippen LogP contribution in [0.25, 0.3) is 11.1 Å². The van der Waals surface area contributed by atoms with Gasteiger partial charge in [0.15, 0.2) is 0 Å². The standard InChI is InChI=1S/C25H29N5O2/c1-18(17-29-12-10-19(2)27-29)24(31)30-14-13-28(3)25(32)23(30)15-20-7-4-5-9-22(20)21-8-6-11-26-16-21/h4-12,16,18,23H,13-15,17H2,1-3H3. The highest BCUT2D eigenvalue weighted by Gasteiger charge is 2.37. The Morgan fingerprint density at radius 2 is 1.97 bits per heavy atom. The first kappa shape index (κ1) is 21.7. The molecule has 2 amide bonds. The van der Waals surface area contributed by atoms with Gasteiger partial charge in [-0.15, -0.1) is 0 Å². The molecular weight excluding hydrogens is 402 g/mol. The predicted octanol–water partition coefficient (Wildman–Crippen LogP) is 2.80. The Hall–Kier alpha value is -3.48. The van der Waals surface area contributed by atoms with Gasteiger partial charge in [0.2, 0.25) is 11.8 Å². The smallest absolute Gasteiger partial charge is 0.245 e. The molecule has 2 aromatic heterocycles. The van der Waals surface area contributed by atoms with Crippen molar-refractivity contribution in [3.05, 3.63) is 72.3 Å². The average Bonchev–Trinajstić information content (AvgIpc) is 3.22. The molecular formula is C25H29N5O2. The van der Waals surface area contributed by atoms with Crippen LogP contribution >= 0.6 is 0 Å². The summed E-state index contributed by atoms with van der Waals surface area (Å²) >= 11 is 0. The molecule has 0 bridgehead atoms. The Balaban J connectivity index is 1.59. The number of benzene rings is 1. The fourth-order valence-corrected chi connectivity index (χ4v) is 4.29. The number of amides is 2. The largest absolute Gasteiger partial charge is 0.342 e. The highest BCUT2D eigenvalue weighted by molar-refractivity contribution is 5.90. The number of likely N-dealkylation sites (N-methyl/N-ethyl adjacent to an activating group) is 1. The maximum absolute atomic E-state index is 13.4. The third-order valence-electron chi connectivity index (χ3n) is 6.06. The average molecular weight is 432 g/mol. The van der Waals surface area contributed by atoms with Crippen LogP contribution in [0.1, 0.15) is 18.2 Å². The number of aromatic nitrogens is 3. The van der Waals surface area contributed by atoms with Gasteiger partial charge in [-0.1, -0.05) is 37.3 Å². The molecule has 1 fully saturated rings. The second kappa shape index (κ2) is 9.34. The Morgan fingerprint density at radius 3 is 2.69 bits per heavy atom. The van der Waals surface area contributed by atoms with Gasteiger partial charge in [-0.3, -0.25) is 19.3 Å². The molecule has 2 unspecified atom stereocenters. The van der Waals surface area contributed by atoms with Gasteiger partial charge in [0.1, 0.15) is 6.04 Å². The number of piperazine rings is 1. The van der Waals surface area contributed by atoms with Gasteiger partial charge in [0.05, 0.1) is 18.2 Å². The molecule has 1 aliphatic rings. The van der Waals surface area contributed by atoms with Crippen LogP contribution in [0.3, 0.4) is 0 Å². The van der Waals surface area contributed by atoms with E-state index in [0.717, 1.165) is 22.4 Å². The summed E-state index contributed by atoms with van der Waals surface area (Å²) in [6.07, 6.45) is 5.92. The zero-order chi connectivity index (χ0) is 22.7. The molecule has 0 radical (unpaired) electrons. The van der Waals surface area contributed by atoms with E-state index in [-0.39, 0.29) is 17.7 Å². The maximum atomic E-state index is 13.4. The molecule has 166 valence electrons. The van der Waals surface area contributed by atoms with Gasteiger partial charge in [0, 0.05) is 50.7 Å². The van der Waals surface area contributed by atoms with E-state index in [1.54, 1.807) is 27.7 Å². The second-order valence-electron chi connectivity index (χ2n) is 8.49. The minimum atomic E-state index is -0.527. The van der Waals surface area contributed by atoms with E-state index in [4.69, 9.17) is 0 Å². The zero-order valence-electron chi connectivity index (χ0n) is 18.8. The molecule has 7 heteroatoms. The quantitative estimate of drug-likeness (QED) is 0.602. The fraction of sp³-hybridized carbons (Fsp3) is 0.360. The summed E-state index contributed by atoms with van der Waals surface area (Å²) in [4.78, 5) is 34.3. The molecule has 0 saturated carbocycles. The Morgan fingerprint density at radius 1 is 1.16 bits per heavy atom. The first-order chi connectivity index (χ1) is 15.4. The number of pyridine rings is 1. The molecule has 2 atom stereocenters. The lowest BCUT2D eigenvalue weighted by molar-refractivity contribution is -0.152. The molecule has 4 rings (SSSR count). The van der Waals surface area contributed by atoms with Crippen LogP contribution in [0.2, 0.25) is 0 Å². The first-order valence-corrected chi connectivity index (χ1v) is 11.0. The SMILES string of the molecule is Cc1ccn(CC(C)C(=O)N2CCN(C)C(=O)C2Cc2ccccc2-c2cccnc2)n1. The van der Waals surface area contributed by atoms with Gasteiger partial charge < -0.3 is 9.80 Å². The summed E-state index contributed by atoms with van der Waals surface area (Å²) in [6, 6.07) is 13.3. The van der Waals surface area contributed by atoms with Crippen molar-refractivity contribution in [1.29, 1.82) is 0 Å².